The molecule has 98 valence electrons. The van der Waals surface area contributed by atoms with Crippen LogP contribution in [-0.4, -0.2) is 24.0 Å². The van der Waals surface area contributed by atoms with E-state index in [0.29, 0.717) is 23.7 Å². The molecule has 1 atom stereocenters. The molecule has 0 bridgehead atoms. The van der Waals surface area contributed by atoms with E-state index in [4.69, 9.17) is 22.7 Å². The van der Waals surface area contributed by atoms with Crippen LogP contribution in [0, 0.1) is 5.92 Å². The predicted octanol–water partition coefficient (Wildman–Crippen LogP) is 1.74. The van der Waals surface area contributed by atoms with E-state index in [1.807, 2.05) is 13.8 Å². The van der Waals surface area contributed by atoms with Crippen molar-refractivity contribution in [2.75, 3.05) is 13.2 Å². The van der Waals surface area contributed by atoms with E-state index in [1.165, 1.54) is 0 Å². The average Bonchev–Trinajstić information content (AvgIpc) is 2.36. The Morgan fingerprint density at radius 3 is 2.56 bits per heavy atom. The van der Waals surface area contributed by atoms with Gasteiger partial charge < -0.3 is 15.8 Å². The third kappa shape index (κ3) is 4.33. The van der Waals surface area contributed by atoms with Crippen LogP contribution in [0.4, 0.5) is 0 Å². The van der Waals surface area contributed by atoms with Crippen molar-refractivity contribution in [3.05, 3.63) is 29.8 Å². The predicted molar refractivity (Wildman–Crippen MR) is 75.9 cm³/mol. The van der Waals surface area contributed by atoms with E-state index in [1.54, 1.807) is 24.3 Å². The average molecular weight is 266 g/mol. The summed E-state index contributed by atoms with van der Waals surface area (Å²) in [5.41, 5.74) is 6.07. The SMILES string of the molecule is CCOc1ccc(C(=O)NCC(C)C(N)=S)cc1. The van der Waals surface area contributed by atoms with Gasteiger partial charge in [0.25, 0.3) is 5.91 Å². The molecule has 4 nitrogen and oxygen atoms in total. The lowest BCUT2D eigenvalue weighted by Crippen LogP contribution is -2.33. The molecule has 1 amide bonds. The van der Waals surface area contributed by atoms with Gasteiger partial charge in [-0.15, -0.1) is 0 Å². The second-order valence-electron chi connectivity index (χ2n) is 3.97. The summed E-state index contributed by atoms with van der Waals surface area (Å²) >= 11 is 4.84. The molecular weight excluding hydrogens is 248 g/mol. The van der Waals surface area contributed by atoms with Crippen molar-refractivity contribution in [2.24, 2.45) is 11.7 Å². The summed E-state index contributed by atoms with van der Waals surface area (Å²) < 4.78 is 5.30. The number of carbonyl (C=O) groups excluding carboxylic acids is 1. The van der Waals surface area contributed by atoms with Gasteiger partial charge in [0.1, 0.15) is 5.75 Å². The van der Waals surface area contributed by atoms with Crippen molar-refractivity contribution < 1.29 is 9.53 Å². The summed E-state index contributed by atoms with van der Waals surface area (Å²) in [5, 5.41) is 2.78. The van der Waals surface area contributed by atoms with Gasteiger partial charge in [0.05, 0.1) is 11.6 Å². The first-order valence-corrected chi connectivity index (χ1v) is 6.25. The second-order valence-corrected chi connectivity index (χ2v) is 4.44. The van der Waals surface area contributed by atoms with Gasteiger partial charge in [0, 0.05) is 18.0 Å². The molecule has 3 N–H and O–H groups in total. The first-order valence-electron chi connectivity index (χ1n) is 5.85. The molecule has 0 aliphatic rings. The smallest absolute Gasteiger partial charge is 0.251 e. The zero-order valence-electron chi connectivity index (χ0n) is 10.6. The number of ether oxygens (including phenoxy) is 1. The maximum absolute atomic E-state index is 11.8. The zero-order chi connectivity index (χ0) is 13.5. The maximum Gasteiger partial charge on any atom is 0.251 e. The Kier molecular flexibility index (Phi) is 5.58. The normalized spacial score (nSPS) is 11.7. The van der Waals surface area contributed by atoms with Crippen molar-refractivity contribution in [3.8, 4) is 5.75 Å². The molecule has 18 heavy (non-hydrogen) atoms. The first-order chi connectivity index (χ1) is 8.54. The Bertz CT molecular complexity index is 418. The third-order valence-corrected chi connectivity index (χ3v) is 2.88. The van der Waals surface area contributed by atoms with E-state index in [-0.39, 0.29) is 11.8 Å². The van der Waals surface area contributed by atoms with Gasteiger partial charge in [-0.1, -0.05) is 19.1 Å². The monoisotopic (exact) mass is 266 g/mol. The Morgan fingerprint density at radius 2 is 2.06 bits per heavy atom. The minimum atomic E-state index is -0.138. The molecule has 0 fully saturated rings. The number of rotatable bonds is 6. The van der Waals surface area contributed by atoms with Crippen molar-refractivity contribution in [3.63, 3.8) is 0 Å². The molecule has 1 rings (SSSR count). The maximum atomic E-state index is 11.8. The quantitative estimate of drug-likeness (QED) is 0.770. The Labute approximate surface area is 113 Å². The highest BCUT2D eigenvalue weighted by molar-refractivity contribution is 7.80. The number of nitrogens with one attached hydrogen (secondary N) is 1. The minimum absolute atomic E-state index is 0.00773. The van der Waals surface area contributed by atoms with Gasteiger partial charge in [0.2, 0.25) is 0 Å². The molecule has 0 radical (unpaired) electrons. The van der Waals surface area contributed by atoms with Gasteiger partial charge in [-0.2, -0.15) is 0 Å². The molecular formula is C13H18N2O2S. The summed E-state index contributed by atoms with van der Waals surface area (Å²) in [4.78, 5) is 12.2. The summed E-state index contributed by atoms with van der Waals surface area (Å²) in [5.74, 6) is 0.610. The lowest BCUT2D eigenvalue weighted by Gasteiger charge is -2.11. The topological polar surface area (TPSA) is 64.3 Å². The molecule has 0 saturated heterocycles. The van der Waals surface area contributed by atoms with Crippen LogP contribution in [0.25, 0.3) is 0 Å². The van der Waals surface area contributed by atoms with E-state index in [9.17, 15) is 4.79 Å². The second kappa shape index (κ2) is 6.96. The standard InChI is InChI=1S/C13H18N2O2S/c1-3-17-11-6-4-10(5-7-11)13(16)15-8-9(2)12(14)18/h4-7,9H,3,8H2,1-2H3,(H2,14,18)(H,15,16). The van der Waals surface area contributed by atoms with E-state index >= 15 is 0 Å². The number of carbonyl (C=O) groups is 1. The summed E-state index contributed by atoms with van der Waals surface area (Å²) in [6, 6.07) is 7.00. The van der Waals surface area contributed by atoms with Gasteiger partial charge in [0.15, 0.2) is 0 Å². The number of hydrogen-bond donors (Lipinski definition) is 2. The van der Waals surface area contributed by atoms with Crippen LogP contribution in [0.3, 0.4) is 0 Å². The fraction of sp³-hybridized carbons (Fsp3) is 0.385. The van der Waals surface area contributed by atoms with Crippen LogP contribution in [-0.2, 0) is 0 Å². The van der Waals surface area contributed by atoms with Gasteiger partial charge >= 0.3 is 0 Å². The van der Waals surface area contributed by atoms with Crippen LogP contribution in [0.15, 0.2) is 24.3 Å². The lowest BCUT2D eigenvalue weighted by molar-refractivity contribution is 0.0951. The Morgan fingerprint density at radius 1 is 1.44 bits per heavy atom. The number of amides is 1. The van der Waals surface area contributed by atoms with Gasteiger partial charge in [-0.3, -0.25) is 4.79 Å². The highest BCUT2D eigenvalue weighted by Gasteiger charge is 2.09. The van der Waals surface area contributed by atoms with E-state index < -0.39 is 0 Å². The first kappa shape index (κ1) is 14.4. The fourth-order valence-electron chi connectivity index (χ4n) is 1.32. The van der Waals surface area contributed by atoms with Crippen LogP contribution in [0.2, 0.25) is 0 Å². The highest BCUT2D eigenvalue weighted by atomic mass is 32.1. The van der Waals surface area contributed by atoms with Crippen LogP contribution < -0.4 is 15.8 Å². The lowest BCUT2D eigenvalue weighted by atomic mass is 10.1. The minimum Gasteiger partial charge on any atom is -0.494 e. The highest BCUT2D eigenvalue weighted by Crippen LogP contribution is 2.11. The number of hydrogen-bond acceptors (Lipinski definition) is 3. The van der Waals surface area contributed by atoms with Crippen molar-refractivity contribution >= 4 is 23.1 Å². The number of nitrogens with two attached hydrogens (primary N) is 1. The van der Waals surface area contributed by atoms with E-state index in [2.05, 4.69) is 5.32 Å². The Hall–Kier alpha value is -1.62. The Balaban J connectivity index is 2.54. The summed E-state index contributed by atoms with van der Waals surface area (Å²) in [7, 11) is 0. The molecule has 1 aromatic carbocycles. The number of thiocarbonyl (C=S) groups is 1. The van der Waals surface area contributed by atoms with Crippen molar-refractivity contribution in [1.29, 1.82) is 0 Å². The molecule has 1 aromatic rings. The number of benzene rings is 1. The molecule has 0 spiro atoms. The molecule has 0 aliphatic carbocycles. The molecule has 0 aromatic heterocycles. The van der Waals surface area contributed by atoms with Crippen LogP contribution >= 0.6 is 12.2 Å². The molecule has 1 unspecified atom stereocenters. The molecule has 5 heteroatoms. The fourth-order valence-corrected chi connectivity index (χ4v) is 1.40. The summed E-state index contributed by atoms with van der Waals surface area (Å²) in [6.45, 7) is 4.84. The van der Waals surface area contributed by atoms with Crippen molar-refractivity contribution in [1.82, 2.24) is 5.32 Å². The van der Waals surface area contributed by atoms with Crippen LogP contribution in [0.5, 0.6) is 5.75 Å². The van der Waals surface area contributed by atoms with Gasteiger partial charge in [-0.05, 0) is 31.2 Å². The van der Waals surface area contributed by atoms with Gasteiger partial charge in [-0.25, -0.2) is 0 Å². The largest absolute Gasteiger partial charge is 0.494 e. The van der Waals surface area contributed by atoms with Crippen LogP contribution in [0.1, 0.15) is 24.2 Å². The zero-order valence-corrected chi connectivity index (χ0v) is 11.4. The summed E-state index contributed by atoms with van der Waals surface area (Å²) in [6.07, 6.45) is 0. The third-order valence-electron chi connectivity index (χ3n) is 2.48. The van der Waals surface area contributed by atoms with E-state index in [0.717, 1.165) is 5.75 Å². The molecule has 0 aliphatic heterocycles. The van der Waals surface area contributed by atoms with Crippen molar-refractivity contribution in [2.45, 2.75) is 13.8 Å². The molecule has 0 heterocycles. The molecule has 0 saturated carbocycles.